The average molecular weight is 199 g/mol. The Morgan fingerprint density at radius 1 is 1.43 bits per heavy atom. The van der Waals surface area contributed by atoms with Crippen molar-refractivity contribution in [2.45, 2.75) is 39.2 Å². The van der Waals surface area contributed by atoms with Gasteiger partial charge in [0.15, 0.2) is 0 Å². The maximum absolute atomic E-state index is 11.4. The largest absolute Gasteiger partial charge is 0.393 e. The number of piperidine rings is 1. The monoisotopic (exact) mass is 199 g/mol. The molecule has 14 heavy (non-hydrogen) atoms. The quantitative estimate of drug-likeness (QED) is 0.529. The fraction of sp³-hybridized carbons (Fsp3) is 0.800. The number of ether oxygens (including phenoxy) is 1. The Kier molecular flexibility index (Phi) is 4.07. The number of nitrogens with one attached hydrogen (secondary N) is 1. The molecule has 2 atom stereocenters. The van der Waals surface area contributed by atoms with Crippen molar-refractivity contribution in [2.24, 2.45) is 5.92 Å². The van der Waals surface area contributed by atoms with Gasteiger partial charge in [-0.15, -0.1) is 0 Å². The molecule has 0 spiro atoms. The molecule has 80 valence electrons. The lowest BCUT2D eigenvalue weighted by Crippen LogP contribution is -2.41. The zero-order valence-electron chi connectivity index (χ0n) is 8.71. The fourth-order valence-electron chi connectivity index (χ4n) is 1.47. The Morgan fingerprint density at radius 2 is 2.14 bits per heavy atom. The van der Waals surface area contributed by atoms with Gasteiger partial charge in [0.2, 0.25) is 0 Å². The van der Waals surface area contributed by atoms with Crippen LogP contribution < -0.4 is 5.32 Å². The summed E-state index contributed by atoms with van der Waals surface area (Å²) in [5.41, 5.74) is 0. The van der Waals surface area contributed by atoms with E-state index in [0.29, 0.717) is 12.6 Å². The van der Waals surface area contributed by atoms with E-state index < -0.39 is 5.97 Å². The van der Waals surface area contributed by atoms with Gasteiger partial charge in [0, 0.05) is 19.0 Å². The van der Waals surface area contributed by atoms with Crippen molar-refractivity contribution in [1.29, 1.82) is 0 Å². The van der Waals surface area contributed by atoms with Crippen LogP contribution >= 0.6 is 0 Å². The van der Waals surface area contributed by atoms with Crippen molar-refractivity contribution in [3.8, 4) is 0 Å². The minimum Gasteiger partial charge on any atom is -0.393 e. The van der Waals surface area contributed by atoms with Crippen molar-refractivity contribution in [2.75, 3.05) is 6.54 Å². The summed E-state index contributed by atoms with van der Waals surface area (Å²) < 4.78 is 4.66. The number of hydrogen-bond acceptors (Lipinski definition) is 4. The Balaban J connectivity index is 2.34. The van der Waals surface area contributed by atoms with Gasteiger partial charge < -0.3 is 10.1 Å². The van der Waals surface area contributed by atoms with E-state index in [0.717, 1.165) is 12.8 Å². The summed E-state index contributed by atoms with van der Waals surface area (Å²) in [6, 6.07) is 0.459. The van der Waals surface area contributed by atoms with Gasteiger partial charge >= 0.3 is 11.9 Å². The summed E-state index contributed by atoms with van der Waals surface area (Å²) in [7, 11) is 0. The van der Waals surface area contributed by atoms with E-state index in [1.54, 1.807) is 6.92 Å². The summed E-state index contributed by atoms with van der Waals surface area (Å²) >= 11 is 0. The second kappa shape index (κ2) is 5.10. The van der Waals surface area contributed by atoms with Crippen LogP contribution in [-0.2, 0) is 14.3 Å². The molecule has 1 fully saturated rings. The predicted octanol–water partition coefficient (Wildman–Crippen LogP) is 0.854. The Labute approximate surface area is 84.0 Å². The third-order valence-electron chi connectivity index (χ3n) is 2.50. The first-order valence-corrected chi connectivity index (χ1v) is 5.11. The van der Waals surface area contributed by atoms with Crippen molar-refractivity contribution in [3.63, 3.8) is 0 Å². The molecule has 1 N–H and O–H groups in total. The SMILES string of the molecule is CCC(=O)OC(=O)C1CCC(C)NC1. The van der Waals surface area contributed by atoms with E-state index >= 15 is 0 Å². The fourth-order valence-corrected chi connectivity index (χ4v) is 1.47. The zero-order valence-corrected chi connectivity index (χ0v) is 8.71. The molecule has 1 saturated heterocycles. The van der Waals surface area contributed by atoms with Gasteiger partial charge in [0.25, 0.3) is 0 Å². The molecule has 0 saturated carbocycles. The molecule has 1 rings (SSSR count). The normalized spacial score (nSPS) is 27.0. The molecule has 0 aromatic rings. The van der Waals surface area contributed by atoms with Gasteiger partial charge in [-0.2, -0.15) is 0 Å². The summed E-state index contributed by atoms with van der Waals surface area (Å²) in [6.07, 6.45) is 2.02. The number of esters is 2. The van der Waals surface area contributed by atoms with E-state index in [2.05, 4.69) is 17.0 Å². The van der Waals surface area contributed by atoms with Crippen LogP contribution in [0.2, 0.25) is 0 Å². The molecule has 0 radical (unpaired) electrons. The van der Waals surface area contributed by atoms with Gasteiger partial charge in [-0.05, 0) is 19.8 Å². The van der Waals surface area contributed by atoms with Crippen LogP contribution in [0.15, 0.2) is 0 Å². The summed E-state index contributed by atoms with van der Waals surface area (Å²) in [4.78, 5) is 22.3. The lowest BCUT2D eigenvalue weighted by molar-refractivity contribution is -0.162. The van der Waals surface area contributed by atoms with Crippen molar-refractivity contribution in [3.05, 3.63) is 0 Å². The zero-order chi connectivity index (χ0) is 10.6. The van der Waals surface area contributed by atoms with Gasteiger partial charge in [0.05, 0.1) is 5.92 Å². The van der Waals surface area contributed by atoms with Crippen molar-refractivity contribution >= 4 is 11.9 Å². The highest BCUT2D eigenvalue weighted by Crippen LogP contribution is 2.15. The number of carbonyl (C=O) groups excluding carboxylic acids is 2. The maximum Gasteiger partial charge on any atom is 0.317 e. The molecule has 2 unspecified atom stereocenters. The first-order chi connectivity index (χ1) is 6.63. The molecule has 0 bridgehead atoms. The van der Waals surface area contributed by atoms with E-state index in [4.69, 9.17) is 0 Å². The molecule has 0 aromatic carbocycles. The minimum atomic E-state index is -0.436. The van der Waals surface area contributed by atoms with E-state index in [-0.39, 0.29) is 18.3 Å². The first-order valence-electron chi connectivity index (χ1n) is 5.11. The highest BCUT2D eigenvalue weighted by Gasteiger charge is 2.26. The topological polar surface area (TPSA) is 55.4 Å². The Bertz CT molecular complexity index is 219. The van der Waals surface area contributed by atoms with Crippen LogP contribution in [0.4, 0.5) is 0 Å². The Hall–Kier alpha value is -0.900. The predicted molar refractivity (Wildman–Crippen MR) is 51.6 cm³/mol. The van der Waals surface area contributed by atoms with Crippen LogP contribution in [0, 0.1) is 5.92 Å². The van der Waals surface area contributed by atoms with Crippen LogP contribution in [0.3, 0.4) is 0 Å². The van der Waals surface area contributed by atoms with Crippen molar-refractivity contribution in [1.82, 2.24) is 5.32 Å². The lowest BCUT2D eigenvalue weighted by atomic mass is 9.96. The van der Waals surface area contributed by atoms with Gasteiger partial charge in [0.1, 0.15) is 0 Å². The smallest absolute Gasteiger partial charge is 0.317 e. The van der Waals surface area contributed by atoms with E-state index in [1.807, 2.05) is 0 Å². The molecule has 4 heteroatoms. The van der Waals surface area contributed by atoms with Crippen LogP contribution in [0.1, 0.15) is 33.1 Å². The van der Waals surface area contributed by atoms with Gasteiger partial charge in [-0.1, -0.05) is 6.92 Å². The molecule has 1 heterocycles. The number of rotatable bonds is 2. The van der Waals surface area contributed by atoms with Crippen LogP contribution in [0.25, 0.3) is 0 Å². The average Bonchev–Trinajstić information content (AvgIpc) is 2.18. The summed E-state index contributed by atoms with van der Waals surface area (Å²) in [5, 5.41) is 3.19. The molecular formula is C10H17NO3. The van der Waals surface area contributed by atoms with Crippen LogP contribution in [-0.4, -0.2) is 24.5 Å². The Morgan fingerprint density at radius 3 is 2.64 bits per heavy atom. The number of carbonyl (C=O) groups is 2. The molecule has 4 nitrogen and oxygen atoms in total. The summed E-state index contributed by atoms with van der Waals surface area (Å²) in [6.45, 7) is 4.38. The van der Waals surface area contributed by atoms with E-state index in [1.165, 1.54) is 0 Å². The van der Waals surface area contributed by atoms with Crippen molar-refractivity contribution < 1.29 is 14.3 Å². The van der Waals surface area contributed by atoms with E-state index in [9.17, 15) is 9.59 Å². The lowest BCUT2D eigenvalue weighted by Gasteiger charge is -2.25. The minimum absolute atomic E-state index is 0.151. The number of hydrogen-bond donors (Lipinski definition) is 1. The highest BCUT2D eigenvalue weighted by atomic mass is 16.6. The van der Waals surface area contributed by atoms with Gasteiger partial charge in [-0.25, -0.2) is 0 Å². The molecule has 1 aliphatic heterocycles. The third kappa shape index (κ3) is 3.10. The molecule has 1 aliphatic rings. The van der Waals surface area contributed by atoms with Gasteiger partial charge in [-0.3, -0.25) is 9.59 Å². The highest BCUT2D eigenvalue weighted by molar-refractivity contribution is 5.86. The second-order valence-corrected chi connectivity index (χ2v) is 3.73. The molecular weight excluding hydrogens is 182 g/mol. The maximum atomic E-state index is 11.4. The standard InChI is InChI=1S/C10H17NO3/c1-3-9(12)14-10(13)8-5-4-7(2)11-6-8/h7-8,11H,3-6H2,1-2H3. The third-order valence-corrected chi connectivity index (χ3v) is 2.50. The molecule has 0 amide bonds. The summed E-state index contributed by atoms with van der Waals surface area (Å²) in [5.74, 6) is -0.966. The van der Waals surface area contributed by atoms with Crippen LogP contribution in [0.5, 0.6) is 0 Å². The molecule has 0 aliphatic carbocycles. The molecule has 0 aromatic heterocycles. The second-order valence-electron chi connectivity index (χ2n) is 3.73. The first kappa shape index (κ1) is 11.2.